The van der Waals surface area contributed by atoms with Crippen LogP contribution in [0, 0.1) is 0 Å². The van der Waals surface area contributed by atoms with Gasteiger partial charge in [-0.3, -0.25) is 9.80 Å². The Morgan fingerprint density at radius 1 is 0.560 bits per heavy atom. The maximum Gasteiger partial charge on any atom is 0.0217 e. The van der Waals surface area contributed by atoms with E-state index in [-0.39, 0.29) is 0 Å². The summed E-state index contributed by atoms with van der Waals surface area (Å²) in [6, 6.07) is 1.69. The predicted molar refractivity (Wildman–Crippen MR) is 110 cm³/mol. The summed E-state index contributed by atoms with van der Waals surface area (Å²) in [5, 5.41) is 1.81. The molecule has 3 heteroatoms. The van der Waals surface area contributed by atoms with E-state index >= 15 is 0 Å². The lowest BCUT2D eigenvalue weighted by molar-refractivity contribution is 0.147. The monoisotopic (exact) mass is 362 g/mol. The van der Waals surface area contributed by atoms with Crippen molar-refractivity contribution in [1.82, 2.24) is 9.80 Å². The minimum Gasteiger partial charge on any atom is -0.299 e. The van der Waals surface area contributed by atoms with Gasteiger partial charge in [0.05, 0.1) is 0 Å². The molecule has 142 valence electrons. The van der Waals surface area contributed by atoms with Crippen LogP contribution in [0.1, 0.15) is 77.0 Å². The molecule has 3 saturated heterocycles. The molecule has 0 aliphatic carbocycles. The number of hydrogen-bond acceptors (Lipinski definition) is 3. The fourth-order valence-corrected chi connectivity index (χ4v) is 7.70. The van der Waals surface area contributed by atoms with Gasteiger partial charge < -0.3 is 0 Å². The summed E-state index contributed by atoms with van der Waals surface area (Å²) in [6.45, 7) is 5.47. The maximum absolute atomic E-state index is 2.88. The Hall–Kier alpha value is 0.01000. The van der Waals surface area contributed by atoms with E-state index in [1.54, 1.807) is 0 Å². The lowest BCUT2D eigenvalue weighted by Gasteiger charge is -2.39. The van der Waals surface area contributed by atoms with Crippen molar-refractivity contribution in [3.8, 4) is 0 Å². The summed E-state index contributed by atoms with van der Waals surface area (Å²) >= 11 is 2.41. The van der Waals surface area contributed by atoms with Gasteiger partial charge in [0.15, 0.2) is 0 Å². The molecule has 4 heterocycles. The van der Waals surface area contributed by atoms with Gasteiger partial charge in [-0.25, -0.2) is 0 Å². The lowest BCUT2D eigenvalue weighted by atomic mass is 9.94. The lowest BCUT2D eigenvalue weighted by Crippen LogP contribution is -2.45. The molecule has 0 radical (unpaired) electrons. The molecule has 0 unspecified atom stereocenters. The van der Waals surface area contributed by atoms with Crippen LogP contribution in [0.15, 0.2) is 12.2 Å². The van der Waals surface area contributed by atoms with Crippen LogP contribution in [0.5, 0.6) is 0 Å². The van der Waals surface area contributed by atoms with Gasteiger partial charge in [0.1, 0.15) is 0 Å². The fraction of sp³-hybridized carbons (Fsp3) is 0.909. The minimum absolute atomic E-state index is 0.847. The predicted octanol–water partition coefficient (Wildman–Crippen LogP) is 5.09. The number of fused-ring (bicyclic) bond motifs is 2. The Morgan fingerprint density at radius 2 is 1.00 bits per heavy atom. The molecule has 0 amide bonds. The van der Waals surface area contributed by atoms with E-state index in [9.17, 15) is 0 Å². The molecule has 2 nitrogen and oxygen atoms in total. The second kappa shape index (κ2) is 9.28. The first kappa shape index (κ1) is 18.4. The van der Waals surface area contributed by atoms with Gasteiger partial charge in [0.2, 0.25) is 0 Å². The first-order valence-corrected chi connectivity index (χ1v) is 12.1. The van der Waals surface area contributed by atoms with Gasteiger partial charge in [0, 0.05) is 22.6 Å². The van der Waals surface area contributed by atoms with E-state index in [4.69, 9.17) is 0 Å². The summed E-state index contributed by atoms with van der Waals surface area (Å²) in [4.78, 5) is 5.76. The van der Waals surface area contributed by atoms with Crippen molar-refractivity contribution in [2.45, 2.75) is 99.6 Å². The number of rotatable bonds is 2. The molecule has 0 spiro atoms. The Balaban J connectivity index is 1.47. The van der Waals surface area contributed by atoms with Crippen molar-refractivity contribution in [2.24, 2.45) is 0 Å². The molecular weight excluding hydrogens is 324 g/mol. The summed E-state index contributed by atoms with van der Waals surface area (Å²) < 4.78 is 0. The SMILES string of the molecule is C1=CCC[C@H](N2CCCCC2)[C@H]2CC[C@@H](S2)[C@H](N2CCCCC2)CC1. The molecule has 0 aromatic rings. The number of hydrogen-bond donors (Lipinski definition) is 0. The molecular formula is C22H38N2S. The highest BCUT2D eigenvalue weighted by Crippen LogP contribution is 2.43. The van der Waals surface area contributed by atoms with Gasteiger partial charge in [0.25, 0.3) is 0 Å². The van der Waals surface area contributed by atoms with Crippen molar-refractivity contribution >= 4 is 11.8 Å². The second-order valence-electron chi connectivity index (χ2n) is 8.74. The molecule has 0 N–H and O–H groups in total. The Bertz CT molecular complexity index is 388. The van der Waals surface area contributed by atoms with E-state index in [1.165, 1.54) is 103 Å². The second-order valence-corrected chi connectivity index (χ2v) is 10.2. The third-order valence-electron chi connectivity index (χ3n) is 7.09. The van der Waals surface area contributed by atoms with E-state index < -0.39 is 0 Å². The molecule has 0 saturated carbocycles. The topological polar surface area (TPSA) is 6.48 Å². The zero-order chi connectivity index (χ0) is 16.9. The molecule has 2 bridgehead atoms. The molecule has 3 fully saturated rings. The van der Waals surface area contributed by atoms with Crippen LogP contribution in [0.2, 0.25) is 0 Å². The molecule has 4 atom stereocenters. The average molecular weight is 363 g/mol. The third-order valence-corrected chi connectivity index (χ3v) is 8.89. The Kier molecular flexibility index (Phi) is 6.82. The van der Waals surface area contributed by atoms with Crippen LogP contribution in [0.3, 0.4) is 0 Å². The van der Waals surface area contributed by atoms with Crippen LogP contribution in [-0.4, -0.2) is 58.6 Å². The Morgan fingerprint density at radius 3 is 1.44 bits per heavy atom. The molecule has 0 aromatic heterocycles. The molecule has 4 rings (SSSR count). The number of piperidine rings is 2. The highest BCUT2D eigenvalue weighted by atomic mass is 32.2. The zero-order valence-corrected chi connectivity index (χ0v) is 16.9. The van der Waals surface area contributed by atoms with E-state index in [1.807, 2.05) is 0 Å². The van der Waals surface area contributed by atoms with Gasteiger partial charge in [-0.2, -0.15) is 11.8 Å². The highest BCUT2D eigenvalue weighted by molar-refractivity contribution is 8.00. The Labute approximate surface area is 159 Å². The van der Waals surface area contributed by atoms with E-state index in [0.717, 1.165) is 22.6 Å². The van der Waals surface area contributed by atoms with Crippen molar-refractivity contribution < 1.29 is 0 Å². The minimum atomic E-state index is 0.847. The van der Waals surface area contributed by atoms with Crippen LogP contribution in [-0.2, 0) is 0 Å². The van der Waals surface area contributed by atoms with Gasteiger partial charge in [-0.15, -0.1) is 0 Å². The third kappa shape index (κ3) is 4.65. The van der Waals surface area contributed by atoms with Crippen molar-refractivity contribution in [1.29, 1.82) is 0 Å². The van der Waals surface area contributed by atoms with Crippen LogP contribution in [0.4, 0.5) is 0 Å². The van der Waals surface area contributed by atoms with Gasteiger partial charge in [-0.05, 0) is 90.4 Å². The zero-order valence-electron chi connectivity index (χ0n) is 16.1. The first-order valence-electron chi connectivity index (χ1n) is 11.2. The largest absolute Gasteiger partial charge is 0.299 e. The van der Waals surface area contributed by atoms with Crippen molar-refractivity contribution in [3.05, 3.63) is 12.2 Å². The number of likely N-dealkylation sites (tertiary alicyclic amines) is 2. The molecule has 25 heavy (non-hydrogen) atoms. The number of thioether (sulfide) groups is 1. The molecule has 4 aliphatic rings. The highest BCUT2D eigenvalue weighted by Gasteiger charge is 2.39. The molecule has 4 aliphatic heterocycles. The number of nitrogens with zero attached hydrogens (tertiary/aromatic N) is 2. The smallest absolute Gasteiger partial charge is 0.0217 e. The van der Waals surface area contributed by atoms with Crippen LogP contribution in [0.25, 0.3) is 0 Å². The van der Waals surface area contributed by atoms with Crippen LogP contribution >= 0.6 is 11.8 Å². The summed E-state index contributed by atoms with van der Waals surface area (Å²) in [7, 11) is 0. The molecule has 0 aromatic carbocycles. The summed E-state index contributed by atoms with van der Waals surface area (Å²) in [6.07, 6.45) is 22.0. The van der Waals surface area contributed by atoms with Crippen LogP contribution < -0.4 is 0 Å². The summed E-state index contributed by atoms with van der Waals surface area (Å²) in [5.74, 6) is 0. The normalized spacial score (nSPS) is 39.2. The quantitative estimate of drug-likeness (QED) is 0.632. The average Bonchev–Trinajstić information content (AvgIpc) is 3.12. The fourth-order valence-electron chi connectivity index (χ4n) is 5.73. The van der Waals surface area contributed by atoms with Crippen molar-refractivity contribution in [3.63, 3.8) is 0 Å². The van der Waals surface area contributed by atoms with E-state index in [0.29, 0.717) is 0 Å². The standard InChI is InChI=1S/C22H38N2S/c1-2-6-12-20(24-17-9-4-10-18-24)22-14-13-21(25-22)19(11-5-1)23-15-7-3-8-16-23/h1-2,19-22H,3-18H2/t19-,20+,21-,22-/m1/s1. The van der Waals surface area contributed by atoms with Gasteiger partial charge >= 0.3 is 0 Å². The van der Waals surface area contributed by atoms with Gasteiger partial charge in [-0.1, -0.05) is 25.0 Å². The number of allylic oxidation sites excluding steroid dienone is 2. The maximum atomic E-state index is 2.88. The first-order chi connectivity index (χ1) is 12.4. The summed E-state index contributed by atoms with van der Waals surface area (Å²) in [5.41, 5.74) is 0. The van der Waals surface area contributed by atoms with E-state index in [2.05, 4.69) is 33.7 Å². The van der Waals surface area contributed by atoms with Crippen molar-refractivity contribution in [2.75, 3.05) is 26.2 Å².